The molecule has 2 unspecified atom stereocenters. The van der Waals surface area contributed by atoms with Crippen LogP contribution in [0.1, 0.15) is 56.2 Å². The van der Waals surface area contributed by atoms with Crippen LogP contribution in [0.25, 0.3) is 0 Å². The normalized spacial score (nSPS) is 23.5. The second-order valence-electron chi connectivity index (χ2n) is 7.53. The van der Waals surface area contributed by atoms with Crippen LogP contribution < -0.4 is 14.2 Å². The maximum absolute atomic E-state index is 13.1. The fraction of sp³-hybridized carbons (Fsp3) is 0.333. The van der Waals surface area contributed by atoms with Gasteiger partial charge in [-0.2, -0.15) is 0 Å². The zero-order chi connectivity index (χ0) is 22.2. The van der Waals surface area contributed by atoms with Crippen molar-refractivity contribution < 1.29 is 48.2 Å². The number of carbonyl (C=O) groups excluding carboxylic acids is 2. The number of aliphatic hydroxyl groups is 1. The Bertz CT molecular complexity index is 1180. The lowest BCUT2D eigenvalue weighted by Crippen LogP contribution is -2.34. The fourth-order valence-corrected chi connectivity index (χ4v) is 3.95. The number of esters is 2. The highest BCUT2D eigenvalue weighted by Crippen LogP contribution is 2.55. The van der Waals surface area contributed by atoms with Gasteiger partial charge < -0.3 is 33.9 Å². The smallest absolute Gasteiger partial charge is 0.347 e. The molecule has 3 aliphatic heterocycles. The van der Waals surface area contributed by atoms with E-state index in [1.807, 2.05) is 0 Å². The number of methoxy groups -OCH3 is 1. The third-order valence-corrected chi connectivity index (χ3v) is 5.48. The second kappa shape index (κ2) is 6.33. The third kappa shape index (κ3) is 2.69. The molecule has 0 aliphatic carbocycles. The van der Waals surface area contributed by atoms with E-state index < -0.39 is 30.0 Å². The van der Waals surface area contributed by atoms with Gasteiger partial charge in [-0.05, 0) is 25.5 Å². The Labute approximate surface area is 175 Å². The van der Waals surface area contributed by atoms with Crippen LogP contribution in [0.2, 0.25) is 0 Å². The maximum Gasteiger partial charge on any atom is 0.347 e. The number of phenolic OH excluding ortho intramolecular Hbond substituents is 1. The summed E-state index contributed by atoms with van der Waals surface area (Å²) in [5, 5.41) is 21.3. The minimum atomic E-state index is -2.20. The lowest BCUT2D eigenvalue weighted by Gasteiger charge is -2.29. The molecular formula is C21H18O10. The van der Waals surface area contributed by atoms with Gasteiger partial charge in [0.1, 0.15) is 22.6 Å². The lowest BCUT2D eigenvalue weighted by atomic mass is 10.0. The van der Waals surface area contributed by atoms with E-state index in [2.05, 4.69) is 0 Å². The summed E-state index contributed by atoms with van der Waals surface area (Å²) in [6.07, 6.45) is -1.48. The van der Waals surface area contributed by atoms with Crippen LogP contribution in [0.15, 0.2) is 6.07 Å². The summed E-state index contributed by atoms with van der Waals surface area (Å²) in [6, 6.07) is 1.61. The Hall–Kier alpha value is -3.34. The molecule has 0 amide bonds. The molecule has 162 valence electrons. The molecule has 31 heavy (non-hydrogen) atoms. The van der Waals surface area contributed by atoms with Crippen molar-refractivity contribution in [3.8, 4) is 28.7 Å². The van der Waals surface area contributed by atoms with E-state index in [4.69, 9.17) is 28.4 Å². The summed E-state index contributed by atoms with van der Waals surface area (Å²) in [7, 11) is 1.44. The maximum atomic E-state index is 13.1. The summed E-state index contributed by atoms with van der Waals surface area (Å²) >= 11 is 0. The van der Waals surface area contributed by atoms with E-state index in [-0.39, 0.29) is 46.1 Å². The molecule has 0 radical (unpaired) electrons. The van der Waals surface area contributed by atoms with Gasteiger partial charge in [-0.25, -0.2) is 9.59 Å². The number of hydrogen-bond donors (Lipinski definition) is 2. The average Bonchev–Trinajstić information content (AvgIpc) is 2.92. The van der Waals surface area contributed by atoms with E-state index in [1.165, 1.54) is 21.0 Å². The van der Waals surface area contributed by atoms with Crippen molar-refractivity contribution in [2.75, 3.05) is 7.11 Å². The molecule has 2 N–H and O–H groups in total. The number of benzene rings is 2. The average molecular weight is 430 g/mol. The number of aromatic hydroxyl groups is 1. The molecule has 10 nitrogen and oxygen atoms in total. The first-order valence-electron chi connectivity index (χ1n) is 9.38. The minimum Gasteiger partial charge on any atom is -0.507 e. The SMILES string of the molecule is COc1cc(C)c2c3c1COC(C)(O)OC1OC(=O)c4c(O)c(C)c(c(c41)O3)OC2=O. The molecule has 2 aromatic carbocycles. The van der Waals surface area contributed by atoms with Crippen LogP contribution in [0.5, 0.6) is 28.7 Å². The van der Waals surface area contributed by atoms with Crippen molar-refractivity contribution in [1.29, 1.82) is 0 Å². The molecule has 2 atom stereocenters. The first-order valence-corrected chi connectivity index (χ1v) is 9.38. The Kier molecular flexibility index (Phi) is 4.00. The molecule has 2 bridgehead atoms. The zero-order valence-corrected chi connectivity index (χ0v) is 17.0. The number of hydrogen-bond acceptors (Lipinski definition) is 10. The van der Waals surface area contributed by atoms with Crippen LogP contribution >= 0.6 is 0 Å². The third-order valence-electron chi connectivity index (χ3n) is 5.48. The molecule has 0 saturated heterocycles. The van der Waals surface area contributed by atoms with Gasteiger partial charge >= 0.3 is 11.9 Å². The van der Waals surface area contributed by atoms with E-state index in [9.17, 15) is 19.8 Å². The number of ether oxygens (including phenoxy) is 6. The van der Waals surface area contributed by atoms with Crippen molar-refractivity contribution in [2.24, 2.45) is 0 Å². The van der Waals surface area contributed by atoms with Gasteiger partial charge in [-0.3, -0.25) is 4.74 Å². The summed E-state index contributed by atoms with van der Waals surface area (Å²) in [5.74, 6) is -3.96. The fourth-order valence-electron chi connectivity index (χ4n) is 3.95. The highest BCUT2D eigenvalue weighted by molar-refractivity contribution is 6.02. The van der Waals surface area contributed by atoms with Crippen LogP contribution in [0.3, 0.4) is 0 Å². The Morgan fingerprint density at radius 2 is 1.84 bits per heavy atom. The van der Waals surface area contributed by atoms with Gasteiger partial charge in [0.05, 0.1) is 24.8 Å². The summed E-state index contributed by atoms with van der Waals surface area (Å²) in [4.78, 5) is 25.6. The highest BCUT2D eigenvalue weighted by Gasteiger charge is 2.47. The second-order valence-corrected chi connectivity index (χ2v) is 7.53. The summed E-state index contributed by atoms with van der Waals surface area (Å²) in [6.45, 7) is 4.11. The van der Waals surface area contributed by atoms with E-state index in [0.29, 0.717) is 16.9 Å². The van der Waals surface area contributed by atoms with Gasteiger partial charge in [0.2, 0.25) is 6.29 Å². The molecule has 0 aromatic heterocycles. The van der Waals surface area contributed by atoms with Crippen molar-refractivity contribution in [3.63, 3.8) is 0 Å². The molecule has 2 aromatic rings. The van der Waals surface area contributed by atoms with Crippen molar-refractivity contribution >= 4 is 11.9 Å². The summed E-state index contributed by atoms with van der Waals surface area (Å²) in [5.41, 5.74) is 0.819. The molecule has 0 fully saturated rings. The Morgan fingerprint density at radius 1 is 1.10 bits per heavy atom. The first-order chi connectivity index (χ1) is 14.6. The van der Waals surface area contributed by atoms with Gasteiger partial charge in [0, 0.05) is 12.5 Å². The molecular weight excluding hydrogens is 412 g/mol. The van der Waals surface area contributed by atoms with Gasteiger partial charge in [-0.1, -0.05) is 0 Å². The van der Waals surface area contributed by atoms with Gasteiger partial charge in [-0.15, -0.1) is 0 Å². The lowest BCUT2D eigenvalue weighted by molar-refractivity contribution is -0.393. The number of phenols is 1. The van der Waals surface area contributed by atoms with Crippen molar-refractivity contribution in [3.05, 3.63) is 39.4 Å². The van der Waals surface area contributed by atoms with Crippen LogP contribution in [0, 0.1) is 13.8 Å². The number of aryl methyl sites for hydroxylation is 1. The first kappa shape index (κ1) is 19.6. The standard InChI is InChI=1S/C21H18O10/c1-7-5-10(26-4)9-6-27-21(3,25)31-20-13-12(19(24)30-20)14(22)8(2)15-17(13)28-16(9)11(7)18(23)29-15/h5,20,22,25H,6H2,1-4H3. The molecule has 0 spiro atoms. The Morgan fingerprint density at radius 3 is 2.55 bits per heavy atom. The Balaban J connectivity index is 1.91. The van der Waals surface area contributed by atoms with Crippen molar-refractivity contribution in [2.45, 2.75) is 39.6 Å². The number of carbonyl (C=O) groups is 2. The van der Waals surface area contributed by atoms with Crippen LogP contribution in [-0.2, 0) is 20.8 Å². The molecule has 10 heteroatoms. The van der Waals surface area contributed by atoms with Crippen LogP contribution in [-0.4, -0.2) is 35.2 Å². The molecule has 3 aliphatic rings. The zero-order valence-electron chi connectivity index (χ0n) is 17.0. The van der Waals surface area contributed by atoms with Crippen molar-refractivity contribution in [1.82, 2.24) is 0 Å². The van der Waals surface area contributed by atoms with E-state index >= 15 is 0 Å². The number of rotatable bonds is 1. The highest BCUT2D eigenvalue weighted by atomic mass is 16.9. The van der Waals surface area contributed by atoms with E-state index in [1.54, 1.807) is 13.0 Å². The monoisotopic (exact) mass is 430 g/mol. The molecule has 5 rings (SSSR count). The predicted octanol–water partition coefficient (Wildman–Crippen LogP) is 2.72. The molecule has 0 saturated carbocycles. The van der Waals surface area contributed by atoms with Gasteiger partial charge in [0.25, 0.3) is 5.97 Å². The predicted molar refractivity (Wildman–Crippen MR) is 100 cm³/mol. The topological polar surface area (TPSA) is 130 Å². The van der Waals surface area contributed by atoms with Gasteiger partial charge in [0.15, 0.2) is 17.2 Å². The largest absolute Gasteiger partial charge is 0.507 e. The summed E-state index contributed by atoms with van der Waals surface area (Å²) < 4.78 is 33.4. The molecule has 3 heterocycles. The van der Waals surface area contributed by atoms with Crippen LogP contribution in [0.4, 0.5) is 0 Å². The van der Waals surface area contributed by atoms with E-state index in [0.717, 1.165) is 0 Å². The minimum absolute atomic E-state index is 0.0269. The quantitative estimate of drug-likeness (QED) is 0.514.